The molecule has 0 spiro atoms. The third-order valence-corrected chi connectivity index (χ3v) is 6.69. The van der Waals surface area contributed by atoms with Gasteiger partial charge in [-0.25, -0.2) is 4.79 Å². The zero-order valence-corrected chi connectivity index (χ0v) is 21.6. The number of ether oxygens (including phenoxy) is 1. The highest BCUT2D eigenvalue weighted by Crippen LogP contribution is 2.41. The highest BCUT2D eigenvalue weighted by atomic mass is 16.6. The molecule has 3 rings (SSSR count). The Bertz CT molecular complexity index is 902. The fraction of sp³-hybridized carbons (Fsp3) is 0.667. The van der Waals surface area contributed by atoms with E-state index in [0.717, 1.165) is 48.8 Å². The Morgan fingerprint density at radius 2 is 1.76 bits per heavy atom. The molecule has 34 heavy (non-hydrogen) atoms. The lowest BCUT2D eigenvalue weighted by Crippen LogP contribution is -2.51. The fourth-order valence-electron chi connectivity index (χ4n) is 4.84. The molecule has 0 saturated heterocycles. The van der Waals surface area contributed by atoms with Crippen molar-refractivity contribution in [3.05, 3.63) is 34.9 Å². The van der Waals surface area contributed by atoms with Crippen LogP contribution in [0.5, 0.6) is 0 Å². The summed E-state index contributed by atoms with van der Waals surface area (Å²) in [6, 6.07) is 5.38. The van der Waals surface area contributed by atoms with Gasteiger partial charge in [0.05, 0.1) is 0 Å². The van der Waals surface area contributed by atoms with Gasteiger partial charge in [-0.1, -0.05) is 49.9 Å². The molecule has 2 N–H and O–H groups in total. The Labute approximate surface area is 204 Å². The summed E-state index contributed by atoms with van der Waals surface area (Å²) in [5, 5.41) is 5.83. The first-order chi connectivity index (χ1) is 16.0. The maximum atomic E-state index is 13.7. The minimum atomic E-state index is -0.731. The van der Waals surface area contributed by atoms with Crippen LogP contribution in [0.1, 0.15) is 89.0 Å². The topological polar surface area (TPSA) is 87.7 Å². The number of carbonyl (C=O) groups is 3. The van der Waals surface area contributed by atoms with Crippen LogP contribution in [0.15, 0.2) is 18.2 Å². The molecule has 3 amide bonds. The number of rotatable bonds is 7. The molecular weight excluding hydrogens is 430 g/mol. The summed E-state index contributed by atoms with van der Waals surface area (Å²) in [4.78, 5) is 41.1. The van der Waals surface area contributed by atoms with Gasteiger partial charge >= 0.3 is 6.09 Å². The van der Waals surface area contributed by atoms with Gasteiger partial charge in [-0.15, -0.1) is 0 Å². The van der Waals surface area contributed by atoms with Crippen LogP contribution in [0.4, 0.5) is 4.79 Å². The number of amides is 3. The Morgan fingerprint density at radius 1 is 1.12 bits per heavy atom. The molecule has 7 heteroatoms. The maximum absolute atomic E-state index is 13.7. The van der Waals surface area contributed by atoms with Crippen LogP contribution in [0.3, 0.4) is 0 Å². The van der Waals surface area contributed by atoms with E-state index >= 15 is 0 Å². The van der Waals surface area contributed by atoms with Gasteiger partial charge in [0.2, 0.25) is 11.8 Å². The molecule has 2 aliphatic carbocycles. The van der Waals surface area contributed by atoms with Gasteiger partial charge in [0.25, 0.3) is 0 Å². The minimum Gasteiger partial charge on any atom is -0.444 e. The standard InChI is InChI=1S/C27H41N3O4/c1-17-12-13-21(18(2)14-17)24(25(32)29-20-10-8-7-9-11-20)30(22-15-19(22)3)23(31)16-28-26(33)34-27(4,5)6/h12-14,19-20,22,24H,7-11,15-16H2,1-6H3,(H,28,33)(H,29,32). The van der Waals surface area contributed by atoms with Crippen LogP contribution < -0.4 is 10.6 Å². The van der Waals surface area contributed by atoms with Crippen molar-refractivity contribution in [1.82, 2.24) is 15.5 Å². The van der Waals surface area contributed by atoms with E-state index in [1.54, 1.807) is 25.7 Å². The van der Waals surface area contributed by atoms with Gasteiger partial charge in [0.15, 0.2) is 0 Å². The summed E-state index contributed by atoms with van der Waals surface area (Å²) in [5.74, 6) is -0.103. The molecule has 3 atom stereocenters. The number of hydrogen-bond acceptors (Lipinski definition) is 4. The lowest BCUT2D eigenvalue weighted by atomic mass is 9.93. The summed E-state index contributed by atoms with van der Waals surface area (Å²) < 4.78 is 5.29. The Hall–Kier alpha value is -2.57. The molecule has 3 unspecified atom stereocenters. The predicted molar refractivity (Wildman–Crippen MR) is 132 cm³/mol. The number of hydrogen-bond donors (Lipinski definition) is 2. The van der Waals surface area contributed by atoms with Crippen LogP contribution in [-0.4, -0.2) is 47.0 Å². The Balaban J connectivity index is 1.87. The van der Waals surface area contributed by atoms with Gasteiger partial charge < -0.3 is 20.3 Å². The summed E-state index contributed by atoms with van der Waals surface area (Å²) in [5.41, 5.74) is 2.27. The van der Waals surface area contributed by atoms with Gasteiger partial charge in [-0.05, 0) is 70.9 Å². The first-order valence-corrected chi connectivity index (χ1v) is 12.6. The molecule has 0 radical (unpaired) electrons. The van der Waals surface area contributed by atoms with Crippen LogP contribution >= 0.6 is 0 Å². The van der Waals surface area contributed by atoms with Crippen molar-refractivity contribution in [3.63, 3.8) is 0 Å². The number of alkyl carbamates (subject to hydrolysis) is 1. The number of nitrogens with zero attached hydrogens (tertiary/aromatic N) is 1. The lowest BCUT2D eigenvalue weighted by Gasteiger charge is -2.34. The minimum absolute atomic E-state index is 0.0317. The summed E-state index contributed by atoms with van der Waals surface area (Å²) in [7, 11) is 0. The molecule has 1 aromatic carbocycles. The maximum Gasteiger partial charge on any atom is 0.408 e. The van der Waals surface area contributed by atoms with Crippen LogP contribution in [-0.2, 0) is 14.3 Å². The van der Waals surface area contributed by atoms with Crippen molar-refractivity contribution in [2.24, 2.45) is 5.92 Å². The molecule has 2 saturated carbocycles. The zero-order chi connectivity index (χ0) is 25.0. The Morgan fingerprint density at radius 3 is 2.32 bits per heavy atom. The number of benzene rings is 1. The van der Waals surface area contributed by atoms with Crippen molar-refractivity contribution in [3.8, 4) is 0 Å². The second-order valence-corrected chi connectivity index (χ2v) is 11.0. The van der Waals surface area contributed by atoms with E-state index in [1.165, 1.54) is 6.42 Å². The van der Waals surface area contributed by atoms with Crippen molar-refractivity contribution in [2.75, 3.05) is 6.54 Å². The van der Waals surface area contributed by atoms with Crippen LogP contribution in [0, 0.1) is 19.8 Å². The average molecular weight is 472 g/mol. The van der Waals surface area contributed by atoms with E-state index in [1.807, 2.05) is 32.0 Å². The third kappa shape index (κ3) is 6.97. The van der Waals surface area contributed by atoms with Crippen LogP contribution in [0.25, 0.3) is 0 Å². The van der Waals surface area contributed by atoms with E-state index in [2.05, 4.69) is 17.6 Å². The molecular formula is C27H41N3O4. The average Bonchev–Trinajstić information content (AvgIpc) is 3.46. The first-order valence-electron chi connectivity index (χ1n) is 12.6. The number of aryl methyl sites for hydroxylation is 2. The molecule has 0 heterocycles. The molecule has 1 aromatic rings. The molecule has 7 nitrogen and oxygen atoms in total. The van der Waals surface area contributed by atoms with Crippen molar-refractivity contribution in [2.45, 2.75) is 104 Å². The van der Waals surface area contributed by atoms with E-state index in [9.17, 15) is 14.4 Å². The second kappa shape index (κ2) is 10.8. The number of nitrogens with one attached hydrogen (secondary N) is 2. The SMILES string of the molecule is Cc1ccc(C(C(=O)NC2CCCCC2)N(C(=O)CNC(=O)OC(C)(C)C)C2CC2C)c(C)c1. The monoisotopic (exact) mass is 471 g/mol. The van der Waals surface area contributed by atoms with E-state index in [4.69, 9.17) is 4.74 Å². The molecule has 0 aliphatic heterocycles. The summed E-state index contributed by atoms with van der Waals surface area (Å²) in [6.45, 7) is 11.2. The predicted octanol–water partition coefficient (Wildman–Crippen LogP) is 4.56. The lowest BCUT2D eigenvalue weighted by molar-refractivity contribution is -0.141. The van der Waals surface area contributed by atoms with Crippen LogP contribution in [0.2, 0.25) is 0 Å². The second-order valence-electron chi connectivity index (χ2n) is 11.0. The molecule has 0 bridgehead atoms. The van der Waals surface area contributed by atoms with Gasteiger partial charge in [-0.3, -0.25) is 9.59 Å². The molecule has 2 fully saturated rings. The zero-order valence-electron chi connectivity index (χ0n) is 21.6. The van der Waals surface area contributed by atoms with Gasteiger partial charge in [0, 0.05) is 12.1 Å². The highest BCUT2D eigenvalue weighted by molar-refractivity contribution is 5.91. The van der Waals surface area contributed by atoms with Crippen molar-refractivity contribution < 1.29 is 19.1 Å². The fourth-order valence-corrected chi connectivity index (χ4v) is 4.84. The Kier molecular flexibility index (Phi) is 8.26. The van der Waals surface area contributed by atoms with E-state index < -0.39 is 17.7 Å². The summed E-state index contributed by atoms with van der Waals surface area (Å²) in [6.07, 6.45) is 5.57. The van der Waals surface area contributed by atoms with Gasteiger partial charge in [0.1, 0.15) is 18.2 Å². The third-order valence-electron chi connectivity index (χ3n) is 6.69. The van der Waals surface area contributed by atoms with E-state index in [-0.39, 0.29) is 30.4 Å². The van der Waals surface area contributed by atoms with Crippen molar-refractivity contribution in [1.29, 1.82) is 0 Å². The largest absolute Gasteiger partial charge is 0.444 e. The number of carbonyl (C=O) groups excluding carboxylic acids is 3. The highest BCUT2D eigenvalue weighted by Gasteiger charge is 2.46. The summed E-state index contributed by atoms with van der Waals surface area (Å²) >= 11 is 0. The van der Waals surface area contributed by atoms with Crippen molar-refractivity contribution >= 4 is 17.9 Å². The quantitative estimate of drug-likeness (QED) is 0.610. The first kappa shape index (κ1) is 26.0. The van der Waals surface area contributed by atoms with Gasteiger partial charge in [-0.2, -0.15) is 0 Å². The molecule has 2 aliphatic rings. The normalized spacial score (nSPS) is 21.4. The smallest absolute Gasteiger partial charge is 0.408 e. The molecule has 0 aromatic heterocycles. The molecule has 188 valence electrons. The van der Waals surface area contributed by atoms with E-state index in [0.29, 0.717) is 5.92 Å².